The summed E-state index contributed by atoms with van der Waals surface area (Å²) < 4.78 is 0. The minimum Gasteiger partial charge on any atom is -0.369 e. The summed E-state index contributed by atoms with van der Waals surface area (Å²) in [6, 6.07) is 11.9. The molecule has 0 N–H and O–H groups in total. The molecule has 0 unspecified atom stereocenters. The number of aromatic nitrogens is 2. The van der Waals surface area contributed by atoms with Crippen LogP contribution in [-0.4, -0.2) is 35.3 Å². The molecule has 0 bridgehead atoms. The van der Waals surface area contributed by atoms with Crippen LogP contribution in [-0.2, 0) is 0 Å². The number of benzene rings is 1. The van der Waals surface area contributed by atoms with Crippen LogP contribution < -0.4 is 0 Å². The number of nitrogens with zero attached hydrogens (tertiary/aromatic N) is 4. The highest BCUT2D eigenvalue weighted by Gasteiger charge is 1.99. The molecule has 0 radical (unpaired) electrons. The molecule has 0 saturated heterocycles. The van der Waals surface area contributed by atoms with Crippen molar-refractivity contribution >= 4 is 12.3 Å². The smallest absolute Gasteiger partial charge is 0.251 e. The van der Waals surface area contributed by atoms with Gasteiger partial charge >= 0.3 is 0 Å². The van der Waals surface area contributed by atoms with E-state index in [0.29, 0.717) is 5.95 Å². The second-order valence-electron chi connectivity index (χ2n) is 3.82. The van der Waals surface area contributed by atoms with Gasteiger partial charge in [0.15, 0.2) is 0 Å². The van der Waals surface area contributed by atoms with Gasteiger partial charge in [-0.1, -0.05) is 30.3 Å². The predicted molar refractivity (Wildman–Crippen MR) is 69.3 cm³/mol. The van der Waals surface area contributed by atoms with Crippen LogP contribution in [0.3, 0.4) is 0 Å². The molecule has 0 saturated carbocycles. The van der Waals surface area contributed by atoms with Gasteiger partial charge in [0.25, 0.3) is 5.95 Å². The molecule has 2 rings (SSSR count). The highest BCUT2D eigenvalue weighted by atomic mass is 15.1. The lowest BCUT2D eigenvalue weighted by Crippen LogP contribution is -2.07. The van der Waals surface area contributed by atoms with Crippen molar-refractivity contribution in [2.45, 2.75) is 0 Å². The Kier molecular flexibility index (Phi) is 3.45. The molecule has 0 spiro atoms. The van der Waals surface area contributed by atoms with E-state index in [0.717, 1.165) is 11.3 Å². The SMILES string of the molecule is CN(C)C=Nc1nccc(-c2ccccc2)n1. The second-order valence-corrected chi connectivity index (χ2v) is 3.82. The first kappa shape index (κ1) is 11.3. The van der Waals surface area contributed by atoms with E-state index in [1.165, 1.54) is 0 Å². The van der Waals surface area contributed by atoms with E-state index in [1.54, 1.807) is 12.5 Å². The largest absolute Gasteiger partial charge is 0.369 e. The average molecular weight is 226 g/mol. The van der Waals surface area contributed by atoms with Gasteiger partial charge in [-0.2, -0.15) is 0 Å². The lowest BCUT2D eigenvalue weighted by Gasteiger charge is -2.03. The Labute approximate surface area is 101 Å². The minimum absolute atomic E-state index is 0.472. The molecule has 0 aliphatic heterocycles. The predicted octanol–water partition coefficient (Wildman–Crippen LogP) is 2.37. The molecule has 17 heavy (non-hydrogen) atoms. The lowest BCUT2D eigenvalue weighted by molar-refractivity contribution is 0.642. The van der Waals surface area contributed by atoms with Crippen LogP contribution in [0.2, 0.25) is 0 Å². The van der Waals surface area contributed by atoms with Crippen LogP contribution in [0.5, 0.6) is 0 Å². The zero-order valence-electron chi connectivity index (χ0n) is 9.91. The maximum absolute atomic E-state index is 4.38. The molecule has 0 atom stereocenters. The Morgan fingerprint density at radius 2 is 1.88 bits per heavy atom. The molecular formula is C13H14N4. The van der Waals surface area contributed by atoms with Gasteiger partial charge in [-0.25, -0.2) is 15.0 Å². The van der Waals surface area contributed by atoms with Crippen molar-refractivity contribution in [3.8, 4) is 11.3 Å². The number of aliphatic imine (C=N–C) groups is 1. The minimum atomic E-state index is 0.472. The Hall–Kier alpha value is -2.23. The first-order chi connectivity index (χ1) is 8.25. The summed E-state index contributed by atoms with van der Waals surface area (Å²) in [7, 11) is 3.81. The van der Waals surface area contributed by atoms with Gasteiger partial charge in [-0.3, -0.25) is 0 Å². The van der Waals surface area contributed by atoms with Crippen LogP contribution in [0.1, 0.15) is 0 Å². The number of rotatable bonds is 3. The highest BCUT2D eigenvalue weighted by molar-refractivity contribution is 5.61. The van der Waals surface area contributed by atoms with Gasteiger partial charge in [0.1, 0.15) is 0 Å². The third-order valence-electron chi connectivity index (χ3n) is 2.12. The van der Waals surface area contributed by atoms with Gasteiger partial charge in [0, 0.05) is 25.9 Å². The molecule has 1 aromatic heterocycles. The summed E-state index contributed by atoms with van der Waals surface area (Å²) >= 11 is 0. The summed E-state index contributed by atoms with van der Waals surface area (Å²) in [5.41, 5.74) is 1.95. The van der Waals surface area contributed by atoms with Crippen molar-refractivity contribution in [1.82, 2.24) is 14.9 Å². The third kappa shape index (κ3) is 3.11. The highest BCUT2D eigenvalue weighted by Crippen LogP contribution is 2.17. The van der Waals surface area contributed by atoms with Crippen LogP contribution >= 0.6 is 0 Å². The summed E-state index contributed by atoms with van der Waals surface area (Å²) in [6.45, 7) is 0. The fourth-order valence-electron chi connectivity index (χ4n) is 1.35. The molecule has 1 aromatic carbocycles. The normalized spacial score (nSPS) is 10.7. The van der Waals surface area contributed by atoms with E-state index in [-0.39, 0.29) is 0 Å². The topological polar surface area (TPSA) is 41.4 Å². The van der Waals surface area contributed by atoms with Crippen LogP contribution in [0.15, 0.2) is 47.6 Å². The van der Waals surface area contributed by atoms with Crippen molar-refractivity contribution in [2.75, 3.05) is 14.1 Å². The van der Waals surface area contributed by atoms with Crippen molar-refractivity contribution in [2.24, 2.45) is 4.99 Å². The Morgan fingerprint density at radius 1 is 1.12 bits per heavy atom. The monoisotopic (exact) mass is 226 g/mol. The number of hydrogen-bond donors (Lipinski definition) is 0. The van der Waals surface area contributed by atoms with Crippen LogP contribution in [0, 0.1) is 0 Å². The van der Waals surface area contributed by atoms with Gasteiger partial charge in [-0.05, 0) is 6.07 Å². The molecule has 0 aliphatic rings. The lowest BCUT2D eigenvalue weighted by atomic mass is 10.1. The molecule has 4 nitrogen and oxygen atoms in total. The van der Waals surface area contributed by atoms with Crippen molar-refractivity contribution < 1.29 is 0 Å². The van der Waals surface area contributed by atoms with Crippen molar-refractivity contribution in [1.29, 1.82) is 0 Å². The molecule has 0 aliphatic carbocycles. The van der Waals surface area contributed by atoms with Gasteiger partial charge < -0.3 is 4.90 Å². The van der Waals surface area contributed by atoms with E-state index in [1.807, 2.05) is 55.4 Å². The summed E-state index contributed by atoms with van der Waals surface area (Å²) in [4.78, 5) is 14.5. The van der Waals surface area contributed by atoms with E-state index in [2.05, 4.69) is 15.0 Å². The standard InChI is InChI=1S/C13H14N4/c1-17(2)10-15-13-14-9-8-12(16-13)11-6-4-3-5-7-11/h3-10H,1-2H3. The maximum Gasteiger partial charge on any atom is 0.251 e. The van der Waals surface area contributed by atoms with Crippen LogP contribution in [0.25, 0.3) is 11.3 Å². The van der Waals surface area contributed by atoms with Gasteiger partial charge in [0.2, 0.25) is 0 Å². The second kappa shape index (κ2) is 5.21. The zero-order chi connectivity index (χ0) is 12.1. The van der Waals surface area contributed by atoms with E-state index in [4.69, 9.17) is 0 Å². The molecule has 1 heterocycles. The van der Waals surface area contributed by atoms with Gasteiger partial charge in [0.05, 0.1) is 12.0 Å². The molecule has 4 heteroatoms. The molecular weight excluding hydrogens is 212 g/mol. The first-order valence-corrected chi connectivity index (χ1v) is 5.35. The zero-order valence-corrected chi connectivity index (χ0v) is 9.91. The average Bonchev–Trinajstić information content (AvgIpc) is 2.38. The van der Waals surface area contributed by atoms with Crippen molar-refractivity contribution in [3.05, 3.63) is 42.6 Å². The molecule has 2 aromatic rings. The van der Waals surface area contributed by atoms with Gasteiger partial charge in [-0.15, -0.1) is 0 Å². The molecule has 0 amide bonds. The third-order valence-corrected chi connectivity index (χ3v) is 2.12. The summed E-state index contributed by atoms with van der Waals surface area (Å²) in [5.74, 6) is 0.472. The maximum atomic E-state index is 4.38. The van der Waals surface area contributed by atoms with E-state index >= 15 is 0 Å². The number of hydrogen-bond acceptors (Lipinski definition) is 3. The summed E-state index contributed by atoms with van der Waals surface area (Å²) in [6.07, 6.45) is 3.40. The van der Waals surface area contributed by atoms with Crippen molar-refractivity contribution in [3.63, 3.8) is 0 Å². The van der Waals surface area contributed by atoms with E-state index < -0.39 is 0 Å². The summed E-state index contributed by atoms with van der Waals surface area (Å²) in [5, 5.41) is 0. The Bertz CT molecular complexity index is 506. The Morgan fingerprint density at radius 3 is 2.59 bits per heavy atom. The first-order valence-electron chi connectivity index (χ1n) is 5.35. The fourth-order valence-corrected chi connectivity index (χ4v) is 1.35. The van der Waals surface area contributed by atoms with E-state index in [9.17, 15) is 0 Å². The fraction of sp³-hybridized carbons (Fsp3) is 0.154. The van der Waals surface area contributed by atoms with Crippen LogP contribution in [0.4, 0.5) is 5.95 Å². The Balaban J connectivity index is 2.29. The molecule has 86 valence electrons. The quantitative estimate of drug-likeness (QED) is 0.596. The molecule has 0 fully saturated rings.